The lowest BCUT2D eigenvalue weighted by Gasteiger charge is -2.40. The van der Waals surface area contributed by atoms with Gasteiger partial charge in [0, 0.05) is 63.3 Å². The molecule has 0 bridgehead atoms. The van der Waals surface area contributed by atoms with Gasteiger partial charge < -0.3 is 24.6 Å². The van der Waals surface area contributed by atoms with Crippen LogP contribution in [0.15, 0.2) is 18.2 Å². The predicted molar refractivity (Wildman–Crippen MR) is 128 cm³/mol. The zero-order valence-corrected chi connectivity index (χ0v) is 20.0. The van der Waals surface area contributed by atoms with Crippen molar-refractivity contribution in [1.29, 1.82) is 0 Å². The average Bonchev–Trinajstić information content (AvgIpc) is 2.78. The van der Waals surface area contributed by atoms with E-state index in [1.165, 1.54) is 0 Å². The standard InChI is InChI=1S/C22H33ClN4O3S/c1-17(28)26-10-6-19(7-11-26)27(9-3-8-25-12-14-30-15-13-25)22(31)24-20-5-4-18(23)16-21(20)29-2/h4-5,16,19H,3,6-15H2,1-2H3,(H,24,31). The normalized spacial score (nSPS) is 18.0. The van der Waals surface area contributed by atoms with Crippen LogP contribution in [-0.2, 0) is 9.53 Å². The van der Waals surface area contributed by atoms with E-state index in [2.05, 4.69) is 15.1 Å². The average molecular weight is 469 g/mol. The summed E-state index contributed by atoms with van der Waals surface area (Å²) < 4.78 is 10.9. The van der Waals surface area contributed by atoms with E-state index in [0.29, 0.717) is 21.9 Å². The number of thiocarbonyl (C=S) groups is 1. The topological polar surface area (TPSA) is 57.3 Å². The van der Waals surface area contributed by atoms with Crippen LogP contribution in [0.25, 0.3) is 0 Å². The molecule has 2 fully saturated rings. The summed E-state index contributed by atoms with van der Waals surface area (Å²) in [4.78, 5) is 18.4. The minimum atomic E-state index is 0.143. The highest BCUT2D eigenvalue weighted by atomic mass is 35.5. The van der Waals surface area contributed by atoms with Crippen LogP contribution in [0.5, 0.6) is 5.75 Å². The van der Waals surface area contributed by atoms with E-state index in [1.807, 2.05) is 17.0 Å². The third-order valence-corrected chi connectivity index (χ3v) is 6.57. The highest BCUT2D eigenvalue weighted by Crippen LogP contribution is 2.29. The maximum atomic E-state index is 11.7. The molecule has 2 heterocycles. The minimum Gasteiger partial charge on any atom is -0.495 e. The molecule has 0 aromatic heterocycles. The molecule has 0 unspecified atom stereocenters. The molecule has 172 valence electrons. The van der Waals surface area contributed by atoms with E-state index in [0.717, 1.165) is 77.4 Å². The Labute approximate surface area is 195 Å². The van der Waals surface area contributed by atoms with Crippen molar-refractivity contribution in [2.24, 2.45) is 0 Å². The molecule has 9 heteroatoms. The largest absolute Gasteiger partial charge is 0.495 e. The molecule has 2 aliphatic heterocycles. The van der Waals surface area contributed by atoms with Crippen molar-refractivity contribution >= 4 is 40.5 Å². The zero-order chi connectivity index (χ0) is 22.2. The number of amides is 1. The van der Waals surface area contributed by atoms with Gasteiger partial charge in [-0.05, 0) is 43.6 Å². The van der Waals surface area contributed by atoms with E-state index < -0.39 is 0 Å². The summed E-state index contributed by atoms with van der Waals surface area (Å²) in [5.74, 6) is 0.804. The Hall–Kier alpha value is -1.61. The quantitative estimate of drug-likeness (QED) is 0.617. The predicted octanol–water partition coefficient (Wildman–Crippen LogP) is 3.08. The van der Waals surface area contributed by atoms with Crippen LogP contribution >= 0.6 is 23.8 Å². The number of morpholine rings is 1. The molecule has 0 saturated carbocycles. The molecule has 1 N–H and O–H groups in total. The SMILES string of the molecule is COc1cc(Cl)ccc1NC(=S)N(CCCN1CCOCC1)C1CCN(C(C)=O)CC1. The second kappa shape index (κ2) is 11.9. The highest BCUT2D eigenvalue weighted by Gasteiger charge is 2.27. The number of rotatable bonds is 7. The van der Waals surface area contributed by atoms with Gasteiger partial charge in [-0.2, -0.15) is 0 Å². The molecule has 3 rings (SSSR count). The Morgan fingerprint density at radius 3 is 2.65 bits per heavy atom. The van der Waals surface area contributed by atoms with E-state index in [4.69, 9.17) is 33.3 Å². The monoisotopic (exact) mass is 468 g/mol. The maximum absolute atomic E-state index is 11.7. The van der Waals surface area contributed by atoms with Gasteiger partial charge in [-0.25, -0.2) is 0 Å². The number of nitrogens with zero attached hydrogens (tertiary/aromatic N) is 3. The number of anilines is 1. The number of hydrogen-bond acceptors (Lipinski definition) is 5. The van der Waals surface area contributed by atoms with Crippen LogP contribution in [-0.4, -0.2) is 91.4 Å². The van der Waals surface area contributed by atoms with Gasteiger partial charge in [0.05, 0.1) is 26.0 Å². The van der Waals surface area contributed by atoms with Crippen LogP contribution in [0, 0.1) is 0 Å². The summed E-state index contributed by atoms with van der Waals surface area (Å²) >= 11 is 11.9. The number of carbonyl (C=O) groups excluding carboxylic acids is 1. The van der Waals surface area contributed by atoms with Gasteiger partial charge in [-0.15, -0.1) is 0 Å². The smallest absolute Gasteiger partial charge is 0.219 e. The second-order valence-electron chi connectivity index (χ2n) is 8.01. The fourth-order valence-corrected chi connectivity index (χ4v) is 4.70. The number of nitrogens with one attached hydrogen (secondary N) is 1. The third-order valence-electron chi connectivity index (χ3n) is 5.99. The number of piperidine rings is 1. The maximum Gasteiger partial charge on any atom is 0.219 e. The van der Waals surface area contributed by atoms with Crippen molar-refractivity contribution in [3.63, 3.8) is 0 Å². The molecule has 1 amide bonds. The molecule has 1 aromatic rings. The van der Waals surface area contributed by atoms with Crippen molar-refractivity contribution < 1.29 is 14.3 Å². The molecule has 7 nitrogen and oxygen atoms in total. The number of hydrogen-bond donors (Lipinski definition) is 1. The summed E-state index contributed by atoms with van der Waals surface area (Å²) in [6.45, 7) is 8.67. The number of likely N-dealkylation sites (tertiary alicyclic amines) is 1. The number of methoxy groups -OCH3 is 1. The van der Waals surface area contributed by atoms with Gasteiger partial charge in [-0.1, -0.05) is 11.6 Å². The summed E-state index contributed by atoms with van der Waals surface area (Å²) in [6.07, 6.45) is 2.85. The lowest BCUT2D eigenvalue weighted by atomic mass is 10.0. The van der Waals surface area contributed by atoms with Crippen molar-refractivity contribution in [2.45, 2.75) is 32.2 Å². The summed E-state index contributed by atoms with van der Waals surface area (Å²) in [6, 6.07) is 5.79. The molecule has 1 aromatic carbocycles. The Balaban J connectivity index is 1.65. The van der Waals surface area contributed by atoms with Crippen molar-refractivity contribution in [1.82, 2.24) is 14.7 Å². The van der Waals surface area contributed by atoms with Crippen molar-refractivity contribution in [2.75, 3.05) is 64.9 Å². The number of halogens is 1. The van der Waals surface area contributed by atoms with Crippen LogP contribution in [0.4, 0.5) is 5.69 Å². The van der Waals surface area contributed by atoms with Crippen LogP contribution in [0.1, 0.15) is 26.2 Å². The highest BCUT2D eigenvalue weighted by molar-refractivity contribution is 7.80. The third kappa shape index (κ3) is 6.94. The fraction of sp³-hybridized carbons (Fsp3) is 0.636. The Kier molecular flexibility index (Phi) is 9.19. The Morgan fingerprint density at radius 1 is 1.29 bits per heavy atom. The van der Waals surface area contributed by atoms with Gasteiger partial charge in [0.2, 0.25) is 5.91 Å². The summed E-state index contributed by atoms with van der Waals surface area (Å²) in [7, 11) is 1.62. The number of benzene rings is 1. The molecule has 0 radical (unpaired) electrons. The first-order valence-electron chi connectivity index (χ1n) is 10.9. The van der Waals surface area contributed by atoms with Gasteiger partial charge in [0.25, 0.3) is 0 Å². The molecule has 2 aliphatic rings. The summed E-state index contributed by atoms with van der Waals surface area (Å²) in [5, 5.41) is 4.67. The number of carbonyl (C=O) groups is 1. The van der Waals surface area contributed by atoms with E-state index in [-0.39, 0.29) is 5.91 Å². The van der Waals surface area contributed by atoms with E-state index in [9.17, 15) is 4.79 Å². The van der Waals surface area contributed by atoms with Crippen LogP contribution in [0.3, 0.4) is 0 Å². The lowest BCUT2D eigenvalue weighted by molar-refractivity contribution is -0.130. The molecule has 2 saturated heterocycles. The first kappa shape index (κ1) is 24.0. The van der Waals surface area contributed by atoms with Gasteiger partial charge in [0.1, 0.15) is 5.75 Å². The molecule has 0 aliphatic carbocycles. The van der Waals surface area contributed by atoms with Gasteiger partial charge >= 0.3 is 0 Å². The number of ether oxygens (including phenoxy) is 2. The molecule has 0 spiro atoms. The molecule has 31 heavy (non-hydrogen) atoms. The van der Waals surface area contributed by atoms with Gasteiger partial charge in [0.15, 0.2) is 5.11 Å². The van der Waals surface area contributed by atoms with Crippen LogP contribution < -0.4 is 10.1 Å². The van der Waals surface area contributed by atoms with E-state index >= 15 is 0 Å². The Bertz CT molecular complexity index is 752. The first-order chi connectivity index (χ1) is 15.0. The first-order valence-corrected chi connectivity index (χ1v) is 11.7. The van der Waals surface area contributed by atoms with Gasteiger partial charge in [-0.3, -0.25) is 9.69 Å². The molecule has 0 atom stereocenters. The van der Waals surface area contributed by atoms with Crippen LogP contribution in [0.2, 0.25) is 5.02 Å². The lowest BCUT2D eigenvalue weighted by Crippen LogP contribution is -2.50. The Morgan fingerprint density at radius 2 is 2.00 bits per heavy atom. The fourth-order valence-electron chi connectivity index (χ4n) is 4.19. The van der Waals surface area contributed by atoms with E-state index in [1.54, 1.807) is 20.1 Å². The zero-order valence-electron chi connectivity index (χ0n) is 18.4. The molecular weight excluding hydrogens is 436 g/mol. The van der Waals surface area contributed by atoms with Crippen molar-refractivity contribution in [3.8, 4) is 5.75 Å². The minimum absolute atomic E-state index is 0.143. The second-order valence-corrected chi connectivity index (χ2v) is 8.84. The summed E-state index contributed by atoms with van der Waals surface area (Å²) in [5.41, 5.74) is 0.802. The molecular formula is C22H33ClN4O3S. The van der Waals surface area contributed by atoms with Crippen molar-refractivity contribution in [3.05, 3.63) is 23.2 Å².